The van der Waals surface area contributed by atoms with E-state index in [0.29, 0.717) is 18.0 Å². The lowest BCUT2D eigenvalue weighted by Gasteiger charge is -2.29. The Morgan fingerprint density at radius 1 is 1.11 bits per heavy atom. The van der Waals surface area contributed by atoms with E-state index in [-0.39, 0.29) is 10.7 Å². The quantitative estimate of drug-likeness (QED) is 0.492. The van der Waals surface area contributed by atoms with E-state index in [9.17, 15) is 9.59 Å². The zero-order chi connectivity index (χ0) is 19.2. The molecule has 3 rings (SSSR count). The van der Waals surface area contributed by atoms with Gasteiger partial charge in [0, 0.05) is 6.07 Å². The minimum atomic E-state index is -0.514. The Hall–Kier alpha value is -3.25. The third-order valence-corrected chi connectivity index (χ3v) is 4.12. The van der Waals surface area contributed by atoms with Crippen LogP contribution in [-0.2, 0) is 9.59 Å². The zero-order valence-corrected chi connectivity index (χ0v) is 15.5. The smallest absolute Gasteiger partial charge is 0.270 e. The maximum Gasteiger partial charge on any atom is 0.270 e. The first-order valence-electron chi connectivity index (χ1n) is 8.46. The van der Waals surface area contributed by atoms with Crippen LogP contribution in [0.4, 0.5) is 5.69 Å². The number of anilines is 1. The summed E-state index contributed by atoms with van der Waals surface area (Å²) < 4.78 is 5.48. The normalized spacial score (nSPS) is 16.1. The van der Waals surface area contributed by atoms with E-state index < -0.39 is 11.8 Å². The highest BCUT2D eigenvalue weighted by molar-refractivity contribution is 7.80. The summed E-state index contributed by atoms with van der Waals surface area (Å²) in [6.45, 7) is 2.39. The molecule has 2 aromatic rings. The number of benzene rings is 2. The van der Waals surface area contributed by atoms with Crippen LogP contribution in [0.2, 0.25) is 0 Å². The SMILES string of the molecule is CCOc1cccc(N2C(=O)/C(=C/C=C/c3ccccc3)C(=O)NC2=S)c1. The second kappa shape index (κ2) is 8.42. The van der Waals surface area contributed by atoms with E-state index in [1.807, 2.05) is 43.3 Å². The lowest BCUT2D eigenvalue weighted by molar-refractivity contribution is -0.122. The summed E-state index contributed by atoms with van der Waals surface area (Å²) in [5.74, 6) is -0.368. The van der Waals surface area contributed by atoms with Crippen LogP contribution >= 0.6 is 12.2 Å². The van der Waals surface area contributed by atoms with Gasteiger partial charge in [-0.05, 0) is 42.9 Å². The summed E-state index contributed by atoms with van der Waals surface area (Å²) in [6, 6.07) is 16.6. The highest BCUT2D eigenvalue weighted by Gasteiger charge is 2.34. The molecule has 1 fully saturated rings. The maximum atomic E-state index is 12.9. The van der Waals surface area contributed by atoms with Crippen LogP contribution in [0.1, 0.15) is 12.5 Å². The molecule has 1 N–H and O–H groups in total. The molecule has 6 heteroatoms. The number of nitrogens with one attached hydrogen (secondary N) is 1. The van der Waals surface area contributed by atoms with E-state index in [1.54, 1.807) is 30.3 Å². The van der Waals surface area contributed by atoms with Gasteiger partial charge in [-0.15, -0.1) is 0 Å². The van der Waals surface area contributed by atoms with Crippen molar-refractivity contribution in [3.63, 3.8) is 0 Å². The lowest BCUT2D eigenvalue weighted by atomic mass is 10.1. The summed E-state index contributed by atoms with van der Waals surface area (Å²) >= 11 is 5.20. The molecular weight excluding hydrogens is 360 g/mol. The molecule has 0 aromatic heterocycles. The van der Waals surface area contributed by atoms with Gasteiger partial charge in [0.1, 0.15) is 11.3 Å². The van der Waals surface area contributed by atoms with Crippen molar-refractivity contribution >= 4 is 40.9 Å². The van der Waals surface area contributed by atoms with Crippen molar-refractivity contribution in [1.82, 2.24) is 5.32 Å². The standard InChI is InChI=1S/C21H18N2O3S/c1-2-26-17-12-7-11-16(14-17)23-20(25)18(19(24)22-21(23)27)13-6-10-15-8-4-3-5-9-15/h3-14H,2H2,1H3,(H,22,24,27)/b10-6+,18-13+. The third-order valence-electron chi connectivity index (χ3n) is 3.84. The van der Waals surface area contributed by atoms with Crippen molar-refractivity contribution < 1.29 is 14.3 Å². The van der Waals surface area contributed by atoms with Gasteiger partial charge < -0.3 is 4.74 Å². The molecule has 0 bridgehead atoms. The van der Waals surface area contributed by atoms with E-state index in [0.717, 1.165) is 5.56 Å². The van der Waals surface area contributed by atoms with Crippen molar-refractivity contribution in [2.45, 2.75) is 6.92 Å². The molecule has 1 aliphatic rings. The van der Waals surface area contributed by atoms with Gasteiger partial charge in [0.05, 0.1) is 12.3 Å². The Balaban J connectivity index is 1.88. The first kappa shape index (κ1) is 18.5. The number of allylic oxidation sites excluding steroid dienone is 2. The number of ether oxygens (including phenoxy) is 1. The summed E-state index contributed by atoms with van der Waals surface area (Å²) in [4.78, 5) is 26.4. The van der Waals surface area contributed by atoms with Gasteiger partial charge in [0.2, 0.25) is 0 Å². The number of carbonyl (C=O) groups excluding carboxylic acids is 2. The Kier molecular flexibility index (Phi) is 5.78. The average Bonchev–Trinajstić information content (AvgIpc) is 2.66. The zero-order valence-electron chi connectivity index (χ0n) is 14.7. The minimum Gasteiger partial charge on any atom is -0.494 e. The first-order chi connectivity index (χ1) is 13.1. The van der Waals surface area contributed by atoms with Gasteiger partial charge in [-0.2, -0.15) is 0 Å². The Morgan fingerprint density at radius 2 is 1.89 bits per heavy atom. The predicted octanol–water partition coefficient (Wildman–Crippen LogP) is 3.47. The van der Waals surface area contributed by atoms with Crippen molar-refractivity contribution in [2.24, 2.45) is 0 Å². The molecule has 1 heterocycles. The first-order valence-corrected chi connectivity index (χ1v) is 8.87. The van der Waals surface area contributed by atoms with Crippen LogP contribution < -0.4 is 15.0 Å². The molecule has 1 aliphatic heterocycles. The van der Waals surface area contributed by atoms with E-state index in [4.69, 9.17) is 17.0 Å². The van der Waals surface area contributed by atoms with Gasteiger partial charge in [-0.25, -0.2) is 0 Å². The maximum absolute atomic E-state index is 12.9. The molecule has 0 unspecified atom stereocenters. The second-order valence-electron chi connectivity index (χ2n) is 5.68. The van der Waals surface area contributed by atoms with Crippen LogP contribution in [0.15, 0.2) is 72.3 Å². The largest absolute Gasteiger partial charge is 0.494 e. The number of rotatable bonds is 5. The summed E-state index contributed by atoms with van der Waals surface area (Å²) in [7, 11) is 0. The highest BCUT2D eigenvalue weighted by Crippen LogP contribution is 2.25. The van der Waals surface area contributed by atoms with Crippen molar-refractivity contribution in [1.29, 1.82) is 0 Å². The number of hydrogen-bond donors (Lipinski definition) is 1. The second-order valence-corrected chi connectivity index (χ2v) is 6.07. The van der Waals surface area contributed by atoms with E-state index in [2.05, 4.69) is 5.32 Å². The van der Waals surface area contributed by atoms with Gasteiger partial charge >= 0.3 is 0 Å². The van der Waals surface area contributed by atoms with Crippen LogP contribution in [0.5, 0.6) is 5.75 Å². The molecule has 0 spiro atoms. The number of carbonyl (C=O) groups is 2. The van der Waals surface area contributed by atoms with Gasteiger partial charge in [-0.3, -0.25) is 19.8 Å². The van der Waals surface area contributed by atoms with Crippen LogP contribution in [-0.4, -0.2) is 23.5 Å². The van der Waals surface area contributed by atoms with Gasteiger partial charge in [0.15, 0.2) is 5.11 Å². The molecule has 0 aliphatic carbocycles. The van der Waals surface area contributed by atoms with Crippen molar-refractivity contribution in [2.75, 3.05) is 11.5 Å². The Bertz CT molecular complexity index is 935. The molecule has 0 atom stereocenters. The molecule has 2 amide bonds. The van der Waals surface area contributed by atoms with Crippen molar-refractivity contribution in [3.05, 3.63) is 77.9 Å². The molecule has 1 saturated heterocycles. The monoisotopic (exact) mass is 378 g/mol. The Labute approximate surface area is 162 Å². The summed E-state index contributed by atoms with van der Waals surface area (Å²) in [5.41, 5.74) is 1.52. The molecular formula is C21H18N2O3S. The molecule has 0 radical (unpaired) electrons. The molecule has 0 saturated carbocycles. The summed E-state index contributed by atoms with van der Waals surface area (Å²) in [6.07, 6.45) is 4.98. The Morgan fingerprint density at radius 3 is 2.63 bits per heavy atom. The molecule has 27 heavy (non-hydrogen) atoms. The number of nitrogens with zero attached hydrogens (tertiary/aromatic N) is 1. The predicted molar refractivity (Wildman–Crippen MR) is 109 cm³/mol. The van der Waals surface area contributed by atoms with Crippen LogP contribution in [0, 0.1) is 0 Å². The topological polar surface area (TPSA) is 58.6 Å². The number of amides is 2. The van der Waals surface area contributed by atoms with Crippen LogP contribution in [0.25, 0.3) is 6.08 Å². The molecule has 5 nitrogen and oxygen atoms in total. The van der Waals surface area contributed by atoms with E-state index >= 15 is 0 Å². The summed E-state index contributed by atoms with van der Waals surface area (Å²) in [5, 5.41) is 2.61. The average molecular weight is 378 g/mol. The van der Waals surface area contributed by atoms with Gasteiger partial charge in [-0.1, -0.05) is 48.6 Å². The van der Waals surface area contributed by atoms with Crippen LogP contribution in [0.3, 0.4) is 0 Å². The van der Waals surface area contributed by atoms with Gasteiger partial charge in [0.25, 0.3) is 11.8 Å². The molecule has 136 valence electrons. The third kappa shape index (κ3) is 4.30. The van der Waals surface area contributed by atoms with E-state index in [1.165, 1.54) is 11.0 Å². The minimum absolute atomic E-state index is 0.0117. The fraction of sp³-hybridized carbons (Fsp3) is 0.0952. The fourth-order valence-corrected chi connectivity index (χ4v) is 2.89. The number of hydrogen-bond acceptors (Lipinski definition) is 4. The lowest BCUT2D eigenvalue weighted by Crippen LogP contribution is -2.54. The van der Waals surface area contributed by atoms with Crippen molar-refractivity contribution in [3.8, 4) is 5.75 Å². The highest BCUT2D eigenvalue weighted by atomic mass is 32.1. The number of thiocarbonyl (C=S) groups is 1. The fourth-order valence-electron chi connectivity index (χ4n) is 2.61. The molecule has 2 aromatic carbocycles.